The molecule has 4 heteroatoms. The van der Waals surface area contributed by atoms with Crippen LogP contribution in [0.5, 0.6) is 0 Å². The van der Waals surface area contributed by atoms with Crippen LogP contribution in [0.3, 0.4) is 0 Å². The van der Waals surface area contributed by atoms with E-state index in [1.54, 1.807) is 12.1 Å². The summed E-state index contributed by atoms with van der Waals surface area (Å²) in [5, 5.41) is 0. The monoisotopic (exact) mass is 265 g/mol. The van der Waals surface area contributed by atoms with Crippen molar-refractivity contribution in [2.24, 2.45) is 5.73 Å². The molecule has 1 atom stereocenters. The molecular formula is C15H24FN3. The number of anilines is 1. The summed E-state index contributed by atoms with van der Waals surface area (Å²) in [6, 6.07) is 5.81. The molecule has 1 aliphatic rings. The number of para-hydroxylation sites is 1. The Morgan fingerprint density at radius 1 is 1.37 bits per heavy atom. The molecule has 0 bridgehead atoms. The lowest BCUT2D eigenvalue weighted by Gasteiger charge is -2.41. The summed E-state index contributed by atoms with van der Waals surface area (Å²) < 4.78 is 14.2. The normalized spacial score (nSPS) is 20.8. The summed E-state index contributed by atoms with van der Waals surface area (Å²) >= 11 is 0. The van der Waals surface area contributed by atoms with E-state index in [2.05, 4.69) is 23.8 Å². The highest BCUT2D eigenvalue weighted by molar-refractivity contribution is 5.55. The van der Waals surface area contributed by atoms with E-state index in [1.807, 2.05) is 6.07 Å². The summed E-state index contributed by atoms with van der Waals surface area (Å²) in [5.41, 5.74) is 7.43. The van der Waals surface area contributed by atoms with Gasteiger partial charge in [0.05, 0.1) is 5.69 Å². The molecule has 0 aliphatic carbocycles. The van der Waals surface area contributed by atoms with E-state index in [1.165, 1.54) is 0 Å². The zero-order valence-electron chi connectivity index (χ0n) is 11.9. The number of nitrogens with zero attached hydrogens (tertiary/aromatic N) is 2. The second-order valence-corrected chi connectivity index (χ2v) is 5.27. The lowest BCUT2D eigenvalue weighted by Crippen LogP contribution is -2.51. The van der Waals surface area contributed by atoms with Gasteiger partial charge in [-0.3, -0.25) is 4.90 Å². The van der Waals surface area contributed by atoms with Crippen molar-refractivity contribution in [2.45, 2.75) is 25.8 Å². The second-order valence-electron chi connectivity index (χ2n) is 5.27. The Hall–Kier alpha value is -1.13. The Kier molecular flexibility index (Phi) is 4.77. The maximum atomic E-state index is 14.2. The maximum Gasteiger partial charge on any atom is 0.146 e. The third-order valence-corrected chi connectivity index (χ3v) is 4.05. The quantitative estimate of drug-likeness (QED) is 0.902. The molecule has 1 aromatic carbocycles. The fourth-order valence-electron chi connectivity index (χ4n) is 2.86. The molecule has 0 aromatic heterocycles. The number of hydrogen-bond acceptors (Lipinski definition) is 3. The van der Waals surface area contributed by atoms with Gasteiger partial charge in [-0.25, -0.2) is 4.39 Å². The molecule has 0 spiro atoms. The van der Waals surface area contributed by atoms with Crippen LogP contribution in [0, 0.1) is 5.82 Å². The summed E-state index contributed by atoms with van der Waals surface area (Å²) in [4.78, 5) is 4.55. The van der Waals surface area contributed by atoms with Crippen molar-refractivity contribution in [2.75, 3.05) is 38.1 Å². The van der Waals surface area contributed by atoms with E-state index in [0.29, 0.717) is 12.6 Å². The van der Waals surface area contributed by atoms with Crippen LogP contribution < -0.4 is 10.6 Å². The van der Waals surface area contributed by atoms with E-state index >= 15 is 0 Å². The fraction of sp³-hybridized carbons (Fsp3) is 0.600. The number of nitrogens with two attached hydrogens (primary N) is 1. The van der Waals surface area contributed by atoms with Gasteiger partial charge in [0.25, 0.3) is 0 Å². The molecule has 1 saturated heterocycles. The minimum Gasteiger partial charge on any atom is -0.366 e. The van der Waals surface area contributed by atoms with Gasteiger partial charge in [0.1, 0.15) is 5.82 Å². The lowest BCUT2D eigenvalue weighted by atomic mass is 10.0. The topological polar surface area (TPSA) is 32.5 Å². The molecule has 0 radical (unpaired) electrons. The summed E-state index contributed by atoms with van der Waals surface area (Å²) in [5.74, 6) is -0.120. The Morgan fingerprint density at radius 3 is 2.84 bits per heavy atom. The van der Waals surface area contributed by atoms with Crippen molar-refractivity contribution < 1.29 is 4.39 Å². The SMILES string of the molecule is CCC1CN(c2c(F)cccc2CCN)CCN1C. The maximum absolute atomic E-state index is 14.2. The molecule has 0 amide bonds. The number of halogens is 1. The van der Waals surface area contributed by atoms with Crippen molar-refractivity contribution in [3.05, 3.63) is 29.6 Å². The number of rotatable bonds is 4. The van der Waals surface area contributed by atoms with Crippen LogP contribution in [-0.2, 0) is 6.42 Å². The molecule has 1 unspecified atom stereocenters. The first-order valence-corrected chi connectivity index (χ1v) is 7.10. The minimum absolute atomic E-state index is 0.120. The van der Waals surface area contributed by atoms with Crippen LogP contribution in [0.25, 0.3) is 0 Å². The number of piperazine rings is 1. The van der Waals surface area contributed by atoms with Crippen LogP contribution in [0.2, 0.25) is 0 Å². The Labute approximate surface area is 115 Å². The van der Waals surface area contributed by atoms with Gasteiger partial charge in [-0.1, -0.05) is 19.1 Å². The first-order valence-electron chi connectivity index (χ1n) is 7.10. The van der Waals surface area contributed by atoms with Crippen molar-refractivity contribution in [3.8, 4) is 0 Å². The number of benzene rings is 1. The highest BCUT2D eigenvalue weighted by atomic mass is 19.1. The zero-order chi connectivity index (χ0) is 13.8. The Balaban J connectivity index is 2.26. The molecule has 1 heterocycles. The highest BCUT2D eigenvalue weighted by Crippen LogP contribution is 2.27. The summed E-state index contributed by atoms with van der Waals surface area (Å²) in [6.07, 6.45) is 1.82. The van der Waals surface area contributed by atoms with E-state index in [-0.39, 0.29) is 5.82 Å². The number of hydrogen-bond donors (Lipinski definition) is 1. The number of likely N-dealkylation sites (N-methyl/N-ethyl adjacent to an activating group) is 1. The van der Waals surface area contributed by atoms with Gasteiger partial charge in [-0.15, -0.1) is 0 Å². The molecule has 1 aromatic rings. The summed E-state index contributed by atoms with van der Waals surface area (Å²) in [6.45, 7) is 5.50. The average Bonchev–Trinajstić information content (AvgIpc) is 2.40. The third-order valence-electron chi connectivity index (χ3n) is 4.05. The zero-order valence-corrected chi connectivity index (χ0v) is 11.9. The Morgan fingerprint density at radius 2 is 2.16 bits per heavy atom. The molecule has 3 nitrogen and oxygen atoms in total. The highest BCUT2D eigenvalue weighted by Gasteiger charge is 2.25. The van der Waals surface area contributed by atoms with Crippen LogP contribution >= 0.6 is 0 Å². The summed E-state index contributed by atoms with van der Waals surface area (Å²) in [7, 11) is 2.15. The minimum atomic E-state index is -0.120. The predicted octanol–water partition coefficient (Wildman–Crippen LogP) is 1.86. The van der Waals surface area contributed by atoms with Crippen molar-refractivity contribution in [1.82, 2.24) is 4.90 Å². The van der Waals surface area contributed by atoms with Crippen LogP contribution in [0.4, 0.5) is 10.1 Å². The molecule has 2 rings (SSSR count). The molecule has 106 valence electrons. The third kappa shape index (κ3) is 3.07. The van der Waals surface area contributed by atoms with Gasteiger partial charge >= 0.3 is 0 Å². The lowest BCUT2D eigenvalue weighted by molar-refractivity contribution is 0.212. The van der Waals surface area contributed by atoms with E-state index in [0.717, 1.165) is 43.7 Å². The van der Waals surface area contributed by atoms with E-state index < -0.39 is 0 Å². The van der Waals surface area contributed by atoms with Gasteiger partial charge in [0, 0.05) is 25.7 Å². The van der Waals surface area contributed by atoms with Crippen LogP contribution in [0.1, 0.15) is 18.9 Å². The van der Waals surface area contributed by atoms with Gasteiger partial charge in [0.2, 0.25) is 0 Å². The van der Waals surface area contributed by atoms with E-state index in [9.17, 15) is 4.39 Å². The molecule has 0 saturated carbocycles. The fourth-order valence-corrected chi connectivity index (χ4v) is 2.86. The first-order chi connectivity index (χ1) is 9.17. The van der Waals surface area contributed by atoms with Gasteiger partial charge in [0.15, 0.2) is 0 Å². The smallest absolute Gasteiger partial charge is 0.146 e. The molecule has 2 N–H and O–H groups in total. The van der Waals surface area contributed by atoms with Crippen LogP contribution in [0.15, 0.2) is 18.2 Å². The molecular weight excluding hydrogens is 241 g/mol. The second kappa shape index (κ2) is 6.35. The average molecular weight is 265 g/mol. The van der Waals surface area contributed by atoms with Crippen molar-refractivity contribution >= 4 is 5.69 Å². The molecule has 19 heavy (non-hydrogen) atoms. The van der Waals surface area contributed by atoms with Crippen LogP contribution in [-0.4, -0.2) is 44.2 Å². The standard InChI is InChI=1S/C15H24FN3/c1-3-13-11-19(10-9-18(13)2)15-12(7-8-17)5-4-6-14(15)16/h4-6,13H,3,7-11,17H2,1-2H3. The molecule has 1 fully saturated rings. The van der Waals surface area contributed by atoms with Crippen molar-refractivity contribution in [3.63, 3.8) is 0 Å². The molecule has 1 aliphatic heterocycles. The first kappa shape index (κ1) is 14.3. The van der Waals surface area contributed by atoms with E-state index in [4.69, 9.17) is 5.73 Å². The van der Waals surface area contributed by atoms with Crippen molar-refractivity contribution in [1.29, 1.82) is 0 Å². The van der Waals surface area contributed by atoms with Gasteiger partial charge in [-0.2, -0.15) is 0 Å². The largest absolute Gasteiger partial charge is 0.366 e. The predicted molar refractivity (Wildman–Crippen MR) is 78.1 cm³/mol. The van der Waals surface area contributed by atoms with Gasteiger partial charge in [-0.05, 0) is 38.1 Å². The van der Waals surface area contributed by atoms with Gasteiger partial charge < -0.3 is 10.6 Å². The Bertz CT molecular complexity index is 422.